The minimum Gasteiger partial charge on any atom is -0.471 e. The Hall–Kier alpha value is -1.67. The number of rotatable bonds is 4. The van der Waals surface area contributed by atoms with Gasteiger partial charge >= 0.3 is 12.4 Å². The molecule has 0 saturated carbocycles. The number of halogens is 6. The lowest BCUT2D eigenvalue weighted by Gasteiger charge is -2.23. The summed E-state index contributed by atoms with van der Waals surface area (Å²) in [6, 6.07) is 1.89. The molecule has 0 saturated heterocycles. The van der Waals surface area contributed by atoms with Gasteiger partial charge in [-0.15, -0.1) is 0 Å². The van der Waals surface area contributed by atoms with Gasteiger partial charge in [-0.05, 0) is 13.0 Å². The van der Waals surface area contributed by atoms with Crippen molar-refractivity contribution in [3.63, 3.8) is 0 Å². The molecule has 0 aromatic carbocycles. The second-order valence-corrected chi connectivity index (χ2v) is 3.49. The van der Waals surface area contributed by atoms with E-state index in [9.17, 15) is 26.3 Å². The monoisotopic (exact) mass is 288 g/mol. The molecule has 1 N–H and O–H groups in total. The van der Waals surface area contributed by atoms with E-state index in [0.717, 1.165) is 18.3 Å². The molecule has 1 rings (SSSR count). The smallest absolute Gasteiger partial charge is 0.434 e. The number of nitrogens with zero attached hydrogens (tertiary/aromatic N) is 1. The summed E-state index contributed by atoms with van der Waals surface area (Å²) < 4.78 is 77.6. The number of nitrogens with one attached hydrogen (secondary N) is 1. The molecule has 1 heterocycles. The third-order valence-corrected chi connectivity index (χ3v) is 1.94. The lowest BCUT2D eigenvalue weighted by atomic mass is 10.3. The third kappa shape index (κ3) is 4.49. The first-order chi connectivity index (χ1) is 8.64. The van der Waals surface area contributed by atoms with Crippen molar-refractivity contribution in [2.24, 2.45) is 0 Å². The predicted octanol–water partition coefficient (Wildman–Crippen LogP) is 3.39. The van der Waals surface area contributed by atoms with Crippen LogP contribution in [0.2, 0.25) is 0 Å². The number of hydrogen-bond donors (Lipinski definition) is 1. The van der Waals surface area contributed by atoms with Crippen LogP contribution in [0.15, 0.2) is 18.3 Å². The highest BCUT2D eigenvalue weighted by molar-refractivity contribution is 5.40. The summed E-state index contributed by atoms with van der Waals surface area (Å²) >= 11 is 0. The second-order valence-electron chi connectivity index (χ2n) is 3.49. The lowest BCUT2D eigenvalue weighted by Crippen LogP contribution is -2.46. The van der Waals surface area contributed by atoms with E-state index in [4.69, 9.17) is 0 Å². The molecular formula is C10H10F6N2O. The van der Waals surface area contributed by atoms with Crippen molar-refractivity contribution in [2.45, 2.75) is 25.4 Å². The van der Waals surface area contributed by atoms with Gasteiger partial charge in [0.25, 0.3) is 6.10 Å². The maximum absolute atomic E-state index is 12.3. The van der Waals surface area contributed by atoms with Gasteiger partial charge in [0, 0.05) is 18.8 Å². The van der Waals surface area contributed by atoms with Crippen LogP contribution in [0.3, 0.4) is 0 Å². The van der Waals surface area contributed by atoms with E-state index in [1.165, 1.54) is 0 Å². The minimum atomic E-state index is -5.54. The van der Waals surface area contributed by atoms with Crippen LogP contribution in [0.1, 0.15) is 6.92 Å². The van der Waals surface area contributed by atoms with Gasteiger partial charge in [0.1, 0.15) is 11.6 Å². The fourth-order valence-electron chi connectivity index (χ4n) is 1.22. The molecule has 3 nitrogen and oxygen atoms in total. The summed E-state index contributed by atoms with van der Waals surface area (Å²) in [6.07, 6.45) is -13.9. The molecule has 0 bridgehead atoms. The molecule has 0 spiro atoms. The van der Waals surface area contributed by atoms with Gasteiger partial charge in [0.2, 0.25) is 0 Å². The standard InChI is InChI=1S/C10H10F6N2O/c1-2-17-7-5-6(3-4-18-7)19-8(9(11,12)13)10(14,15)16/h3-5,8H,2H2,1H3,(H,17,18). The van der Waals surface area contributed by atoms with Crippen LogP contribution in [-0.2, 0) is 0 Å². The molecule has 0 amide bonds. The Balaban J connectivity index is 2.94. The normalized spacial score (nSPS) is 12.6. The summed E-state index contributed by atoms with van der Waals surface area (Å²) in [7, 11) is 0. The van der Waals surface area contributed by atoms with E-state index in [1.807, 2.05) is 0 Å². The lowest BCUT2D eigenvalue weighted by molar-refractivity contribution is -0.299. The van der Waals surface area contributed by atoms with E-state index in [2.05, 4.69) is 15.0 Å². The largest absolute Gasteiger partial charge is 0.471 e. The number of pyridine rings is 1. The van der Waals surface area contributed by atoms with Crippen LogP contribution in [0.5, 0.6) is 5.75 Å². The summed E-state index contributed by atoms with van der Waals surface area (Å²) in [6.45, 7) is 2.11. The van der Waals surface area contributed by atoms with Crippen molar-refractivity contribution in [2.75, 3.05) is 11.9 Å². The molecule has 0 fully saturated rings. The zero-order valence-corrected chi connectivity index (χ0v) is 9.64. The summed E-state index contributed by atoms with van der Waals surface area (Å²) in [4.78, 5) is 3.71. The average Bonchev–Trinajstić information content (AvgIpc) is 2.24. The van der Waals surface area contributed by atoms with Crippen LogP contribution in [0.4, 0.5) is 32.2 Å². The third-order valence-electron chi connectivity index (χ3n) is 1.94. The molecule has 1 aromatic heterocycles. The van der Waals surface area contributed by atoms with Crippen LogP contribution in [-0.4, -0.2) is 30.0 Å². The molecule has 0 atom stereocenters. The Morgan fingerprint density at radius 2 is 1.79 bits per heavy atom. The Morgan fingerprint density at radius 1 is 1.21 bits per heavy atom. The van der Waals surface area contributed by atoms with E-state index < -0.39 is 24.2 Å². The van der Waals surface area contributed by atoms with Gasteiger partial charge in [-0.1, -0.05) is 0 Å². The highest BCUT2D eigenvalue weighted by atomic mass is 19.4. The van der Waals surface area contributed by atoms with Gasteiger partial charge in [0.05, 0.1) is 0 Å². The van der Waals surface area contributed by atoms with Crippen LogP contribution >= 0.6 is 0 Å². The zero-order chi connectivity index (χ0) is 14.7. The first kappa shape index (κ1) is 15.4. The topological polar surface area (TPSA) is 34.1 Å². The van der Waals surface area contributed by atoms with Crippen LogP contribution in [0, 0.1) is 0 Å². The van der Waals surface area contributed by atoms with Gasteiger partial charge in [0.15, 0.2) is 0 Å². The summed E-state index contributed by atoms with van der Waals surface area (Å²) in [5.74, 6) is -0.436. The quantitative estimate of drug-likeness (QED) is 0.862. The first-order valence-corrected chi connectivity index (χ1v) is 5.14. The molecule has 0 radical (unpaired) electrons. The van der Waals surface area contributed by atoms with Gasteiger partial charge < -0.3 is 10.1 Å². The number of ether oxygens (including phenoxy) is 1. The van der Waals surface area contributed by atoms with Crippen molar-refractivity contribution in [1.29, 1.82) is 0 Å². The van der Waals surface area contributed by atoms with Crippen molar-refractivity contribution in [3.05, 3.63) is 18.3 Å². The van der Waals surface area contributed by atoms with Crippen LogP contribution < -0.4 is 10.1 Å². The average molecular weight is 288 g/mol. The maximum atomic E-state index is 12.3. The Morgan fingerprint density at radius 3 is 2.26 bits per heavy atom. The Bertz CT molecular complexity index is 403. The van der Waals surface area contributed by atoms with E-state index >= 15 is 0 Å². The molecular weight excluding hydrogens is 278 g/mol. The molecule has 0 aliphatic rings. The van der Waals surface area contributed by atoms with Gasteiger partial charge in [-0.25, -0.2) is 4.98 Å². The van der Waals surface area contributed by atoms with E-state index in [0.29, 0.717) is 6.54 Å². The predicted molar refractivity (Wildman–Crippen MR) is 54.9 cm³/mol. The van der Waals surface area contributed by atoms with Crippen molar-refractivity contribution < 1.29 is 31.1 Å². The van der Waals surface area contributed by atoms with E-state index in [-0.39, 0.29) is 5.82 Å². The maximum Gasteiger partial charge on any atom is 0.434 e. The molecule has 19 heavy (non-hydrogen) atoms. The Labute approximate surface area is 104 Å². The van der Waals surface area contributed by atoms with E-state index in [1.54, 1.807) is 6.92 Å². The number of hydrogen-bond acceptors (Lipinski definition) is 3. The summed E-state index contributed by atoms with van der Waals surface area (Å²) in [5, 5.41) is 2.65. The van der Waals surface area contributed by atoms with Crippen molar-refractivity contribution >= 4 is 5.82 Å². The molecule has 108 valence electrons. The molecule has 1 aromatic rings. The van der Waals surface area contributed by atoms with Crippen LogP contribution in [0.25, 0.3) is 0 Å². The van der Waals surface area contributed by atoms with Gasteiger partial charge in [-0.2, -0.15) is 26.3 Å². The Kier molecular flexibility index (Phi) is 4.48. The fourth-order valence-corrected chi connectivity index (χ4v) is 1.22. The van der Waals surface area contributed by atoms with Crippen molar-refractivity contribution in [3.8, 4) is 5.75 Å². The minimum absolute atomic E-state index is 0.128. The SMILES string of the molecule is CCNc1cc(OC(C(F)(F)F)C(F)(F)F)ccn1. The first-order valence-electron chi connectivity index (χ1n) is 5.14. The molecule has 0 aliphatic heterocycles. The molecule has 9 heteroatoms. The summed E-state index contributed by atoms with van der Waals surface area (Å²) in [5.41, 5.74) is 0. The zero-order valence-electron chi connectivity index (χ0n) is 9.64. The van der Waals surface area contributed by atoms with Gasteiger partial charge in [-0.3, -0.25) is 0 Å². The fraction of sp³-hybridized carbons (Fsp3) is 0.500. The molecule has 0 unspecified atom stereocenters. The highest BCUT2D eigenvalue weighted by Gasteiger charge is 2.59. The second kappa shape index (κ2) is 5.54. The number of anilines is 1. The highest BCUT2D eigenvalue weighted by Crippen LogP contribution is 2.36. The number of alkyl halides is 6. The molecule has 0 aliphatic carbocycles. The number of aromatic nitrogens is 1. The van der Waals surface area contributed by atoms with Crippen molar-refractivity contribution in [1.82, 2.24) is 4.98 Å².